The van der Waals surface area contributed by atoms with Gasteiger partial charge < -0.3 is 19.6 Å². The van der Waals surface area contributed by atoms with Gasteiger partial charge in [0.25, 0.3) is 11.8 Å². The first-order valence-corrected chi connectivity index (χ1v) is 8.12. The lowest BCUT2D eigenvalue weighted by atomic mass is 10.2. The van der Waals surface area contributed by atoms with Crippen LogP contribution in [0.15, 0.2) is 16.8 Å². The van der Waals surface area contributed by atoms with Crippen LogP contribution in [-0.2, 0) is 4.74 Å². The molecule has 7 heteroatoms. The number of hydrogen-bond acceptors (Lipinski definition) is 5. The van der Waals surface area contributed by atoms with Gasteiger partial charge in [-0.25, -0.2) is 0 Å². The van der Waals surface area contributed by atoms with Gasteiger partial charge in [-0.05, 0) is 38.7 Å². The third kappa shape index (κ3) is 3.01. The van der Waals surface area contributed by atoms with Crippen molar-refractivity contribution in [2.24, 2.45) is 0 Å². The number of rotatable bonds is 5. The fourth-order valence-corrected chi connectivity index (χ4v) is 2.92. The van der Waals surface area contributed by atoms with Gasteiger partial charge in [0, 0.05) is 24.4 Å². The predicted octanol–water partition coefficient (Wildman–Crippen LogP) is 2.23. The molecule has 1 saturated carbocycles. The molecule has 7 nitrogen and oxygen atoms in total. The van der Waals surface area contributed by atoms with Crippen LogP contribution < -0.4 is 5.32 Å². The van der Waals surface area contributed by atoms with E-state index in [1.165, 1.54) is 0 Å². The SMILES string of the molecule is Cc1[nH]ccc1C(=O)NC[C@H]1CC[C@@H](c2nc(C3CC3)no2)O1. The highest BCUT2D eigenvalue weighted by molar-refractivity contribution is 5.95. The van der Waals surface area contributed by atoms with Crippen LogP contribution in [-0.4, -0.2) is 33.7 Å². The molecule has 0 spiro atoms. The van der Waals surface area contributed by atoms with E-state index in [0.29, 0.717) is 23.9 Å². The van der Waals surface area contributed by atoms with E-state index in [0.717, 1.165) is 37.2 Å². The number of aryl methyl sites for hydroxylation is 1. The predicted molar refractivity (Wildman–Crippen MR) is 81.0 cm³/mol. The molecule has 3 heterocycles. The van der Waals surface area contributed by atoms with E-state index >= 15 is 0 Å². The van der Waals surface area contributed by atoms with Gasteiger partial charge in [0.1, 0.15) is 6.10 Å². The molecule has 4 rings (SSSR count). The summed E-state index contributed by atoms with van der Waals surface area (Å²) in [7, 11) is 0. The number of amides is 1. The average Bonchev–Trinajstić information content (AvgIpc) is 2.96. The Morgan fingerprint density at radius 1 is 1.39 bits per heavy atom. The number of aromatic nitrogens is 3. The lowest BCUT2D eigenvalue weighted by Crippen LogP contribution is -2.32. The third-order valence-electron chi connectivity index (χ3n) is 4.47. The maximum absolute atomic E-state index is 12.1. The molecule has 1 amide bonds. The minimum Gasteiger partial charge on any atom is -0.365 e. The summed E-state index contributed by atoms with van der Waals surface area (Å²) in [4.78, 5) is 19.5. The summed E-state index contributed by atoms with van der Waals surface area (Å²) in [5.74, 6) is 1.78. The van der Waals surface area contributed by atoms with Crippen molar-refractivity contribution in [3.63, 3.8) is 0 Å². The van der Waals surface area contributed by atoms with E-state index in [9.17, 15) is 4.79 Å². The molecule has 2 aromatic rings. The summed E-state index contributed by atoms with van der Waals surface area (Å²) in [6.07, 6.45) is 5.62. The Hall–Kier alpha value is -2.15. The van der Waals surface area contributed by atoms with E-state index in [4.69, 9.17) is 9.26 Å². The average molecular weight is 316 g/mol. The van der Waals surface area contributed by atoms with Crippen LogP contribution in [0.25, 0.3) is 0 Å². The lowest BCUT2D eigenvalue weighted by Gasteiger charge is -2.12. The molecule has 2 aromatic heterocycles. The number of nitrogens with zero attached hydrogens (tertiary/aromatic N) is 2. The van der Waals surface area contributed by atoms with Crippen LogP contribution in [0.2, 0.25) is 0 Å². The van der Waals surface area contributed by atoms with Crippen molar-refractivity contribution < 1.29 is 14.1 Å². The highest BCUT2D eigenvalue weighted by Gasteiger charge is 2.34. The Morgan fingerprint density at radius 3 is 3.00 bits per heavy atom. The largest absolute Gasteiger partial charge is 0.365 e. The van der Waals surface area contributed by atoms with Crippen LogP contribution >= 0.6 is 0 Å². The van der Waals surface area contributed by atoms with Gasteiger partial charge in [-0.15, -0.1) is 0 Å². The van der Waals surface area contributed by atoms with E-state index < -0.39 is 0 Å². The topological polar surface area (TPSA) is 93.0 Å². The molecule has 1 aliphatic heterocycles. The normalized spacial score (nSPS) is 24.0. The van der Waals surface area contributed by atoms with E-state index in [1.54, 1.807) is 12.3 Å². The summed E-state index contributed by atoms with van der Waals surface area (Å²) < 4.78 is 11.3. The van der Waals surface area contributed by atoms with Gasteiger partial charge in [0.2, 0.25) is 0 Å². The van der Waals surface area contributed by atoms with Crippen molar-refractivity contribution in [2.75, 3.05) is 6.54 Å². The smallest absolute Gasteiger partial charge is 0.255 e. The van der Waals surface area contributed by atoms with E-state index in [-0.39, 0.29) is 18.1 Å². The first-order chi connectivity index (χ1) is 11.2. The molecule has 122 valence electrons. The highest BCUT2D eigenvalue weighted by Crippen LogP contribution is 2.39. The number of carbonyl (C=O) groups excluding carboxylic acids is 1. The number of ether oxygens (including phenoxy) is 1. The van der Waals surface area contributed by atoms with Crippen LogP contribution in [0.3, 0.4) is 0 Å². The molecule has 2 aliphatic rings. The third-order valence-corrected chi connectivity index (χ3v) is 4.47. The number of H-pyrrole nitrogens is 1. The summed E-state index contributed by atoms with van der Waals surface area (Å²) in [5, 5.41) is 6.95. The molecule has 1 aliphatic carbocycles. The Morgan fingerprint density at radius 2 is 2.26 bits per heavy atom. The highest BCUT2D eigenvalue weighted by atomic mass is 16.5. The van der Waals surface area contributed by atoms with Gasteiger partial charge in [0.05, 0.1) is 11.7 Å². The molecule has 23 heavy (non-hydrogen) atoms. The van der Waals surface area contributed by atoms with Crippen molar-refractivity contribution in [3.05, 3.63) is 35.2 Å². The second kappa shape index (κ2) is 5.81. The molecule has 0 unspecified atom stereocenters. The van der Waals surface area contributed by atoms with Crippen molar-refractivity contribution >= 4 is 5.91 Å². The van der Waals surface area contributed by atoms with Gasteiger partial charge in [-0.1, -0.05) is 5.16 Å². The van der Waals surface area contributed by atoms with Crippen LogP contribution in [0.1, 0.15) is 65.5 Å². The van der Waals surface area contributed by atoms with Crippen LogP contribution in [0.5, 0.6) is 0 Å². The van der Waals surface area contributed by atoms with Crippen molar-refractivity contribution in [1.29, 1.82) is 0 Å². The zero-order chi connectivity index (χ0) is 15.8. The summed E-state index contributed by atoms with van der Waals surface area (Å²) in [6, 6.07) is 1.78. The fraction of sp³-hybridized carbons (Fsp3) is 0.562. The molecule has 2 atom stereocenters. The van der Waals surface area contributed by atoms with Crippen molar-refractivity contribution in [1.82, 2.24) is 20.4 Å². The Bertz CT molecular complexity index is 704. The molecule has 1 saturated heterocycles. The summed E-state index contributed by atoms with van der Waals surface area (Å²) in [5.41, 5.74) is 1.54. The van der Waals surface area contributed by atoms with Crippen molar-refractivity contribution in [2.45, 2.75) is 50.7 Å². The molecule has 0 radical (unpaired) electrons. The molecule has 2 N–H and O–H groups in total. The maximum Gasteiger partial charge on any atom is 0.255 e. The molecule has 2 fully saturated rings. The van der Waals surface area contributed by atoms with E-state index in [2.05, 4.69) is 20.4 Å². The number of aromatic amines is 1. The minimum atomic E-state index is -0.147. The Kier molecular flexibility index (Phi) is 3.65. The zero-order valence-corrected chi connectivity index (χ0v) is 13.0. The summed E-state index contributed by atoms with van der Waals surface area (Å²) >= 11 is 0. The number of hydrogen-bond donors (Lipinski definition) is 2. The summed E-state index contributed by atoms with van der Waals surface area (Å²) in [6.45, 7) is 2.37. The van der Waals surface area contributed by atoms with E-state index in [1.807, 2.05) is 6.92 Å². The van der Waals surface area contributed by atoms with Gasteiger partial charge in [-0.2, -0.15) is 4.98 Å². The Balaban J connectivity index is 1.30. The van der Waals surface area contributed by atoms with Gasteiger partial charge in [-0.3, -0.25) is 4.79 Å². The van der Waals surface area contributed by atoms with Gasteiger partial charge in [0.15, 0.2) is 5.82 Å². The number of nitrogens with one attached hydrogen (secondary N) is 2. The second-order valence-electron chi connectivity index (χ2n) is 6.32. The molecular formula is C16H20N4O3. The zero-order valence-electron chi connectivity index (χ0n) is 13.0. The molecule has 0 aromatic carbocycles. The first kappa shape index (κ1) is 14.4. The first-order valence-electron chi connectivity index (χ1n) is 8.12. The maximum atomic E-state index is 12.1. The lowest BCUT2D eigenvalue weighted by molar-refractivity contribution is 0.0262. The Labute approximate surface area is 133 Å². The van der Waals surface area contributed by atoms with Crippen molar-refractivity contribution in [3.8, 4) is 0 Å². The molecular weight excluding hydrogens is 296 g/mol. The minimum absolute atomic E-state index is 0.0144. The number of carbonyl (C=O) groups is 1. The van der Waals surface area contributed by atoms with Crippen LogP contribution in [0, 0.1) is 6.92 Å². The molecule has 0 bridgehead atoms. The standard InChI is InChI=1S/C16H20N4O3/c1-9-12(6-7-17-9)15(21)18-8-11-4-5-13(22-11)16-19-14(20-23-16)10-2-3-10/h6-7,10-11,13,17H,2-5,8H2,1H3,(H,18,21)/t11-,13+/m1/s1. The van der Waals surface area contributed by atoms with Gasteiger partial charge >= 0.3 is 0 Å². The van der Waals surface area contributed by atoms with Crippen LogP contribution in [0.4, 0.5) is 0 Å². The monoisotopic (exact) mass is 316 g/mol. The quantitative estimate of drug-likeness (QED) is 0.882. The second-order valence-corrected chi connectivity index (χ2v) is 6.32. The fourth-order valence-electron chi connectivity index (χ4n) is 2.92.